The second-order valence-corrected chi connectivity index (χ2v) is 15.2. The largest absolute Gasteiger partial charge is 0.461 e. The average molecular weight is 707 g/mol. The van der Waals surface area contributed by atoms with Crippen LogP contribution in [0.15, 0.2) is 59.7 Å². The Morgan fingerprint density at radius 3 is 2.10 bits per heavy atom. The molecule has 1 aromatic carbocycles. The molecule has 0 spiro atoms. The first-order chi connectivity index (χ1) is 23.9. The van der Waals surface area contributed by atoms with E-state index < -0.39 is 77.1 Å². The van der Waals surface area contributed by atoms with Crippen LogP contribution >= 0.6 is 0 Å². The molecule has 2 bridgehead atoms. The third kappa shape index (κ3) is 8.64. The highest BCUT2D eigenvalue weighted by molar-refractivity contribution is 5.87. The van der Waals surface area contributed by atoms with Crippen LogP contribution in [0.1, 0.15) is 100.0 Å². The zero-order valence-corrected chi connectivity index (χ0v) is 31.5. The number of carbonyl (C=O) groups is 5. The molecule has 10 heteroatoms. The Balaban J connectivity index is 1.94. The van der Waals surface area contributed by atoms with Crippen molar-refractivity contribution in [2.45, 2.75) is 125 Å². The van der Waals surface area contributed by atoms with E-state index in [2.05, 4.69) is 6.58 Å². The monoisotopic (exact) mass is 706 g/mol. The van der Waals surface area contributed by atoms with Crippen molar-refractivity contribution in [2.75, 3.05) is 0 Å². The number of hydrogen-bond acceptors (Lipinski definition) is 10. The van der Waals surface area contributed by atoms with Crippen molar-refractivity contribution in [1.82, 2.24) is 0 Å². The lowest BCUT2D eigenvalue weighted by atomic mass is 9.49. The van der Waals surface area contributed by atoms with E-state index in [0.29, 0.717) is 18.4 Å². The second-order valence-electron chi connectivity index (χ2n) is 15.2. The lowest BCUT2D eigenvalue weighted by Crippen LogP contribution is -2.64. The molecule has 0 amide bonds. The molecule has 0 aromatic heterocycles. The van der Waals surface area contributed by atoms with Crippen LogP contribution in [0.2, 0.25) is 0 Å². The van der Waals surface area contributed by atoms with Crippen LogP contribution in [0.4, 0.5) is 0 Å². The van der Waals surface area contributed by atoms with Crippen LogP contribution in [-0.2, 0) is 47.7 Å². The molecule has 10 nitrogen and oxygen atoms in total. The molecule has 0 heterocycles. The zero-order chi connectivity index (χ0) is 37.8. The Morgan fingerprint density at radius 1 is 0.902 bits per heavy atom. The van der Waals surface area contributed by atoms with E-state index in [1.165, 1.54) is 26.8 Å². The average Bonchev–Trinajstić information content (AvgIpc) is 3.01. The third-order valence-corrected chi connectivity index (χ3v) is 11.0. The minimum atomic E-state index is -1.08. The molecular weight excluding hydrogens is 652 g/mol. The van der Waals surface area contributed by atoms with E-state index in [1.54, 1.807) is 6.08 Å². The van der Waals surface area contributed by atoms with E-state index in [9.17, 15) is 24.0 Å². The van der Waals surface area contributed by atoms with Gasteiger partial charge in [-0.3, -0.25) is 19.2 Å². The minimum absolute atomic E-state index is 0.0783. The lowest BCUT2D eigenvalue weighted by molar-refractivity contribution is -0.204. The smallest absolute Gasteiger partial charge is 0.331 e. The summed E-state index contributed by atoms with van der Waals surface area (Å²) in [5.41, 5.74) is 1.11. The Hall–Kier alpha value is -4.21. The van der Waals surface area contributed by atoms with Gasteiger partial charge >= 0.3 is 29.8 Å². The van der Waals surface area contributed by atoms with Crippen molar-refractivity contribution in [3.05, 3.63) is 65.3 Å². The first-order valence-electron chi connectivity index (χ1n) is 17.9. The summed E-state index contributed by atoms with van der Waals surface area (Å²) >= 11 is 0. The maximum atomic E-state index is 13.5. The molecule has 4 rings (SSSR count). The number of rotatable bonds is 10. The van der Waals surface area contributed by atoms with Gasteiger partial charge < -0.3 is 23.7 Å². The summed E-state index contributed by atoms with van der Waals surface area (Å²) in [5.74, 6) is -4.37. The lowest BCUT2D eigenvalue weighted by Gasteiger charge is -2.60. The predicted molar refractivity (Wildman–Crippen MR) is 191 cm³/mol. The fraction of sp³-hybridized carbons (Fsp3) is 0.585. The standard InChI is InChI=1S/C41H54O10/c1-11-15-23(2)39(46)50-31-20-24(3)35-32(48-27(6)43)22-41(10)33(51-34(45)19-18-29-16-13-12-14-17-29)21-30(47-26(5)42)25(4)36(41)38(49-28(7)44)37(31)40(35,8)9/h12-14,16-19,23,30-33,36-38H,4,11,15,20-22H2,1-3,5-10H3/b19-18+/t23?,30-,31-,32-,33-,36-,37-,38-,41+/m0/s1. The summed E-state index contributed by atoms with van der Waals surface area (Å²) in [6, 6.07) is 9.30. The molecule has 1 unspecified atom stereocenters. The van der Waals surface area contributed by atoms with E-state index >= 15 is 0 Å². The van der Waals surface area contributed by atoms with Gasteiger partial charge in [0.15, 0.2) is 0 Å². The van der Waals surface area contributed by atoms with Crippen molar-refractivity contribution in [2.24, 2.45) is 28.6 Å². The molecule has 2 fully saturated rings. The highest BCUT2D eigenvalue weighted by atomic mass is 16.6. The van der Waals surface area contributed by atoms with Gasteiger partial charge in [0.05, 0.1) is 5.92 Å². The van der Waals surface area contributed by atoms with Crippen LogP contribution in [0.5, 0.6) is 0 Å². The molecular formula is C41H54O10. The van der Waals surface area contributed by atoms with Crippen molar-refractivity contribution in [3.8, 4) is 0 Å². The molecule has 278 valence electrons. The molecule has 1 aromatic rings. The molecule has 0 aliphatic heterocycles. The van der Waals surface area contributed by atoms with Crippen molar-refractivity contribution >= 4 is 35.9 Å². The minimum Gasteiger partial charge on any atom is -0.461 e. The van der Waals surface area contributed by atoms with E-state index in [4.69, 9.17) is 23.7 Å². The van der Waals surface area contributed by atoms with Gasteiger partial charge in [0.1, 0.15) is 30.5 Å². The molecule has 3 aliphatic rings. The second kappa shape index (κ2) is 16.0. The zero-order valence-electron chi connectivity index (χ0n) is 31.5. The fourth-order valence-electron chi connectivity index (χ4n) is 9.02. The van der Waals surface area contributed by atoms with Gasteiger partial charge in [-0.15, -0.1) is 0 Å². The number of hydrogen-bond donors (Lipinski definition) is 0. The Kier molecular flexibility index (Phi) is 12.4. The van der Waals surface area contributed by atoms with E-state index in [0.717, 1.165) is 23.1 Å². The quantitative estimate of drug-likeness (QED) is 0.107. The normalized spacial score (nSPS) is 30.6. The Labute approximate surface area is 301 Å². The first-order valence-corrected chi connectivity index (χ1v) is 17.9. The molecule has 9 atom stereocenters. The molecule has 0 radical (unpaired) electrons. The SMILES string of the molecule is C=C1[C@@H](OC(C)=O)C[C@H](OC(=O)/C=C/c2ccccc2)[C@@]2(C)C[C@H](OC(C)=O)C3=C(C)C[C@H](OC(=O)C(C)CCC)[C@@H]([C@@H](OC(C)=O)[C@H]12)C3(C)C. The fourth-order valence-corrected chi connectivity index (χ4v) is 9.02. The summed E-state index contributed by atoms with van der Waals surface area (Å²) < 4.78 is 30.9. The molecule has 2 saturated carbocycles. The summed E-state index contributed by atoms with van der Waals surface area (Å²) in [7, 11) is 0. The first kappa shape index (κ1) is 39.6. The van der Waals surface area contributed by atoms with Crippen LogP contribution in [-0.4, -0.2) is 60.4 Å². The van der Waals surface area contributed by atoms with Crippen molar-refractivity contribution in [3.63, 3.8) is 0 Å². The molecule has 3 aliphatic carbocycles. The summed E-state index contributed by atoms with van der Waals surface area (Å²) in [6.45, 7) is 20.1. The van der Waals surface area contributed by atoms with Crippen LogP contribution in [0, 0.1) is 28.6 Å². The maximum Gasteiger partial charge on any atom is 0.331 e. The number of esters is 5. The highest BCUT2D eigenvalue weighted by Crippen LogP contribution is 2.61. The van der Waals surface area contributed by atoms with Crippen LogP contribution < -0.4 is 0 Å². The Morgan fingerprint density at radius 2 is 1.51 bits per heavy atom. The topological polar surface area (TPSA) is 132 Å². The van der Waals surface area contributed by atoms with Gasteiger partial charge in [-0.25, -0.2) is 4.79 Å². The van der Waals surface area contributed by atoms with Crippen LogP contribution in [0.25, 0.3) is 6.08 Å². The molecule has 51 heavy (non-hydrogen) atoms. The highest BCUT2D eigenvalue weighted by Gasteiger charge is 2.64. The number of carbonyl (C=O) groups excluding carboxylic acids is 5. The molecule has 0 N–H and O–H groups in total. The van der Waals surface area contributed by atoms with E-state index in [-0.39, 0.29) is 24.7 Å². The summed E-state index contributed by atoms with van der Waals surface area (Å²) in [4.78, 5) is 65.4. The Bertz CT molecular complexity index is 1570. The number of benzene rings is 1. The van der Waals surface area contributed by atoms with Gasteiger partial charge in [-0.2, -0.15) is 0 Å². The predicted octanol–water partition coefficient (Wildman–Crippen LogP) is 7.10. The van der Waals surface area contributed by atoms with Crippen molar-refractivity contribution in [1.29, 1.82) is 0 Å². The third-order valence-electron chi connectivity index (χ3n) is 11.0. The maximum absolute atomic E-state index is 13.5. The molecule has 0 saturated heterocycles. The van der Waals surface area contributed by atoms with Crippen molar-refractivity contribution < 1.29 is 47.7 Å². The summed E-state index contributed by atoms with van der Waals surface area (Å²) in [5, 5.41) is 0. The van der Waals surface area contributed by atoms with Gasteiger partial charge in [-0.05, 0) is 48.0 Å². The number of ether oxygens (including phenoxy) is 5. The summed E-state index contributed by atoms with van der Waals surface area (Å²) in [6.07, 6.45) is 0.774. The van der Waals surface area contributed by atoms with Crippen LogP contribution in [0.3, 0.4) is 0 Å². The van der Waals surface area contributed by atoms with Gasteiger partial charge in [0.2, 0.25) is 0 Å². The van der Waals surface area contributed by atoms with Gasteiger partial charge in [-0.1, -0.05) is 83.5 Å². The van der Waals surface area contributed by atoms with E-state index in [1.807, 2.05) is 71.9 Å². The van der Waals surface area contributed by atoms with Gasteiger partial charge in [0.25, 0.3) is 0 Å². The van der Waals surface area contributed by atoms with Gasteiger partial charge in [0, 0.05) is 56.9 Å². The number of fused-ring (bicyclic) bond motifs is 3.